The molecule has 0 bridgehead atoms. The van der Waals surface area contributed by atoms with Gasteiger partial charge in [-0.3, -0.25) is 0 Å². The molecular weight excluding hydrogens is 392 g/mol. The number of ether oxygens (including phenoxy) is 1. The number of hydrogen-bond acceptors (Lipinski definition) is 5. The molecule has 3 rings (SSSR count). The summed E-state index contributed by atoms with van der Waals surface area (Å²) in [6, 6.07) is 3.48. The van der Waals surface area contributed by atoms with Gasteiger partial charge in [0.25, 0.3) is 0 Å². The van der Waals surface area contributed by atoms with Crippen LogP contribution >= 0.6 is 23.2 Å². The van der Waals surface area contributed by atoms with E-state index in [9.17, 15) is 12.8 Å². The van der Waals surface area contributed by atoms with E-state index < -0.39 is 15.8 Å². The summed E-state index contributed by atoms with van der Waals surface area (Å²) in [5.41, 5.74) is 0. The number of sulfonamides is 1. The average molecular weight is 406 g/mol. The second-order valence-electron chi connectivity index (χ2n) is 5.50. The zero-order chi connectivity index (χ0) is 18.0. The van der Waals surface area contributed by atoms with Crippen molar-refractivity contribution in [1.29, 1.82) is 0 Å². The fourth-order valence-corrected chi connectivity index (χ4v) is 4.40. The van der Waals surface area contributed by atoms with E-state index in [0.717, 1.165) is 12.1 Å². The Kier molecular flexibility index (Phi) is 5.43. The lowest BCUT2D eigenvalue weighted by atomic mass is 10.1. The smallest absolute Gasteiger partial charge is 0.316 e. The van der Waals surface area contributed by atoms with Crippen LogP contribution in [-0.2, 0) is 10.0 Å². The molecule has 1 atom stereocenters. The summed E-state index contributed by atoms with van der Waals surface area (Å²) < 4.78 is 45.7. The van der Waals surface area contributed by atoms with Gasteiger partial charge in [0.1, 0.15) is 11.9 Å². The number of rotatable bonds is 4. The lowest BCUT2D eigenvalue weighted by Crippen LogP contribution is -2.44. The van der Waals surface area contributed by atoms with Crippen molar-refractivity contribution >= 4 is 33.2 Å². The number of nitrogens with zero attached hydrogens (tertiary/aromatic N) is 3. The van der Waals surface area contributed by atoms with Crippen molar-refractivity contribution in [3.8, 4) is 6.01 Å². The fraction of sp³-hybridized carbons (Fsp3) is 0.333. The topological polar surface area (TPSA) is 72.4 Å². The summed E-state index contributed by atoms with van der Waals surface area (Å²) in [5.74, 6) is -0.666. The first-order valence-corrected chi connectivity index (χ1v) is 9.65. The Bertz CT molecular complexity index is 865. The minimum atomic E-state index is -3.79. The zero-order valence-electron chi connectivity index (χ0n) is 12.9. The summed E-state index contributed by atoms with van der Waals surface area (Å²) in [5, 5.41) is 0.147. The van der Waals surface area contributed by atoms with Crippen LogP contribution in [0.1, 0.15) is 12.8 Å². The number of hydrogen-bond donors (Lipinski definition) is 0. The standard InChI is InChI=1S/C15H14Cl2FN3O3S/c16-10-7-19-15(20-8-10)24-11-2-1-5-21(9-11)25(22,23)12-3-4-14(18)13(17)6-12/h3-4,6-8,11H,1-2,5,9H2. The van der Waals surface area contributed by atoms with Crippen molar-refractivity contribution in [1.82, 2.24) is 14.3 Å². The molecule has 0 amide bonds. The van der Waals surface area contributed by atoms with Crippen LogP contribution in [-0.4, -0.2) is 41.9 Å². The van der Waals surface area contributed by atoms with E-state index in [4.69, 9.17) is 27.9 Å². The molecule has 0 radical (unpaired) electrons. The molecule has 1 aromatic carbocycles. The molecule has 134 valence electrons. The first-order valence-electron chi connectivity index (χ1n) is 7.45. The molecule has 0 aliphatic carbocycles. The molecule has 6 nitrogen and oxygen atoms in total. The fourth-order valence-electron chi connectivity index (χ4n) is 2.52. The lowest BCUT2D eigenvalue weighted by molar-refractivity contribution is 0.119. The average Bonchev–Trinajstić information content (AvgIpc) is 2.59. The maximum Gasteiger partial charge on any atom is 0.316 e. The Morgan fingerprint density at radius 2 is 1.96 bits per heavy atom. The third-order valence-corrected chi connectivity index (χ3v) is 6.08. The van der Waals surface area contributed by atoms with E-state index >= 15 is 0 Å². The number of piperidine rings is 1. The van der Waals surface area contributed by atoms with Crippen molar-refractivity contribution in [2.24, 2.45) is 0 Å². The normalized spacial score (nSPS) is 18.9. The van der Waals surface area contributed by atoms with Crippen LogP contribution < -0.4 is 4.74 Å². The quantitative estimate of drug-likeness (QED) is 0.780. The number of benzene rings is 1. The highest BCUT2D eigenvalue weighted by atomic mass is 35.5. The van der Waals surface area contributed by atoms with Gasteiger partial charge in [-0.15, -0.1) is 0 Å². The first-order chi connectivity index (χ1) is 11.9. The van der Waals surface area contributed by atoms with Crippen LogP contribution in [0.5, 0.6) is 6.01 Å². The summed E-state index contributed by atoms with van der Waals surface area (Å²) in [6.07, 6.45) is 3.71. The number of halogens is 3. The monoisotopic (exact) mass is 405 g/mol. The molecule has 0 spiro atoms. The van der Waals surface area contributed by atoms with Gasteiger partial charge in [0.2, 0.25) is 10.0 Å². The predicted molar refractivity (Wildman–Crippen MR) is 90.9 cm³/mol. The molecule has 25 heavy (non-hydrogen) atoms. The summed E-state index contributed by atoms with van der Waals surface area (Å²) in [4.78, 5) is 7.84. The zero-order valence-corrected chi connectivity index (χ0v) is 15.2. The van der Waals surface area contributed by atoms with Gasteiger partial charge in [-0.1, -0.05) is 23.2 Å². The molecule has 0 saturated carbocycles. The van der Waals surface area contributed by atoms with E-state index in [0.29, 0.717) is 24.4 Å². The van der Waals surface area contributed by atoms with Crippen molar-refractivity contribution in [2.75, 3.05) is 13.1 Å². The Morgan fingerprint density at radius 3 is 2.64 bits per heavy atom. The summed E-state index contributed by atoms with van der Waals surface area (Å²) in [7, 11) is -3.79. The van der Waals surface area contributed by atoms with Crippen LogP contribution in [0, 0.1) is 5.82 Å². The van der Waals surface area contributed by atoms with Gasteiger partial charge in [0, 0.05) is 6.54 Å². The second-order valence-corrected chi connectivity index (χ2v) is 8.29. The van der Waals surface area contributed by atoms with Gasteiger partial charge < -0.3 is 4.74 Å². The van der Waals surface area contributed by atoms with Gasteiger partial charge in [-0.2, -0.15) is 4.31 Å². The van der Waals surface area contributed by atoms with Crippen molar-refractivity contribution < 1.29 is 17.5 Å². The van der Waals surface area contributed by atoms with Crippen molar-refractivity contribution in [2.45, 2.75) is 23.8 Å². The molecule has 1 unspecified atom stereocenters. The lowest BCUT2D eigenvalue weighted by Gasteiger charge is -2.31. The van der Waals surface area contributed by atoms with Gasteiger partial charge in [0.15, 0.2) is 0 Å². The van der Waals surface area contributed by atoms with Crippen LogP contribution in [0.4, 0.5) is 4.39 Å². The van der Waals surface area contributed by atoms with Gasteiger partial charge in [-0.05, 0) is 31.0 Å². The van der Waals surface area contributed by atoms with Crippen molar-refractivity contribution in [3.63, 3.8) is 0 Å². The molecule has 2 heterocycles. The molecule has 1 fully saturated rings. The highest BCUT2D eigenvalue weighted by Gasteiger charge is 2.32. The minimum absolute atomic E-state index is 0.0534. The molecule has 1 saturated heterocycles. The van der Waals surface area contributed by atoms with Crippen LogP contribution in [0.2, 0.25) is 10.0 Å². The van der Waals surface area contributed by atoms with Crippen LogP contribution in [0.3, 0.4) is 0 Å². The molecule has 1 aliphatic heterocycles. The third kappa shape index (κ3) is 4.20. The molecule has 2 aromatic rings. The Hall–Kier alpha value is -1.48. The number of aromatic nitrogens is 2. The van der Waals surface area contributed by atoms with E-state index in [1.165, 1.54) is 22.8 Å². The van der Waals surface area contributed by atoms with Gasteiger partial charge in [0.05, 0.1) is 33.9 Å². The minimum Gasteiger partial charge on any atom is -0.459 e. The van der Waals surface area contributed by atoms with E-state index in [-0.39, 0.29) is 28.6 Å². The summed E-state index contributed by atoms with van der Waals surface area (Å²) in [6.45, 7) is 0.488. The molecular formula is C15H14Cl2FN3O3S. The molecule has 1 aromatic heterocycles. The third-order valence-electron chi connectivity index (χ3n) is 3.74. The predicted octanol–water partition coefficient (Wildman–Crippen LogP) is 3.15. The Balaban J connectivity index is 1.75. The Labute approximate surface area is 154 Å². The molecule has 1 aliphatic rings. The maximum absolute atomic E-state index is 13.3. The largest absolute Gasteiger partial charge is 0.459 e. The maximum atomic E-state index is 13.3. The van der Waals surface area contributed by atoms with Crippen molar-refractivity contribution in [3.05, 3.63) is 46.5 Å². The van der Waals surface area contributed by atoms with E-state index in [1.807, 2.05) is 0 Å². The summed E-state index contributed by atoms with van der Waals surface area (Å²) >= 11 is 11.4. The van der Waals surface area contributed by atoms with Crippen LogP contribution in [0.15, 0.2) is 35.5 Å². The highest BCUT2D eigenvalue weighted by molar-refractivity contribution is 7.89. The van der Waals surface area contributed by atoms with E-state index in [2.05, 4.69) is 9.97 Å². The van der Waals surface area contributed by atoms with Crippen LogP contribution in [0.25, 0.3) is 0 Å². The Morgan fingerprint density at radius 1 is 1.24 bits per heavy atom. The first kappa shape index (κ1) is 18.3. The van der Waals surface area contributed by atoms with Gasteiger partial charge >= 0.3 is 6.01 Å². The SMILES string of the molecule is O=S(=O)(c1ccc(F)c(Cl)c1)N1CCCC(Oc2ncc(Cl)cn2)C1. The molecule has 0 N–H and O–H groups in total. The highest BCUT2D eigenvalue weighted by Crippen LogP contribution is 2.25. The molecule has 10 heteroatoms. The second kappa shape index (κ2) is 7.41. The van der Waals surface area contributed by atoms with Gasteiger partial charge in [-0.25, -0.2) is 22.8 Å². The van der Waals surface area contributed by atoms with E-state index in [1.54, 1.807) is 0 Å².